The topological polar surface area (TPSA) is 92.2 Å². The molecule has 0 saturated heterocycles. The van der Waals surface area contributed by atoms with Crippen LogP contribution in [0.1, 0.15) is 29.2 Å². The Balaban J connectivity index is 1.53. The second-order valence-corrected chi connectivity index (χ2v) is 10.4. The van der Waals surface area contributed by atoms with Crippen LogP contribution in [0.3, 0.4) is 0 Å². The number of para-hydroxylation sites is 1. The first-order valence-electron chi connectivity index (χ1n) is 13.1. The summed E-state index contributed by atoms with van der Waals surface area (Å²) >= 11 is 3.51. The minimum atomic E-state index is -1.30. The standard InChI is InChI=1S/C32H30BrN3O4/c33-26-16-12-24(13-17-26)29-32(22-23-8-3-1-4-9-23,31(38)36-35-27-10-5-2-6-11-27)34-30(40-29)25-14-18-28(19-15-25)39-21-7-20-37/h1-6,8-19,29,35,37H,7,20-22H2,(H,36,38)/t29-,32-/m0/s1. The molecule has 1 aliphatic rings. The molecule has 204 valence electrons. The maximum Gasteiger partial charge on any atom is 0.270 e. The highest BCUT2D eigenvalue weighted by Gasteiger charge is 2.53. The summed E-state index contributed by atoms with van der Waals surface area (Å²) in [6, 6.07) is 34.4. The van der Waals surface area contributed by atoms with Crippen molar-refractivity contribution in [2.24, 2.45) is 4.99 Å². The van der Waals surface area contributed by atoms with Crippen LogP contribution in [0.2, 0.25) is 0 Å². The summed E-state index contributed by atoms with van der Waals surface area (Å²) in [5.41, 5.74) is 7.90. The molecule has 1 amide bonds. The number of aliphatic hydroxyl groups excluding tert-OH is 1. The van der Waals surface area contributed by atoms with Gasteiger partial charge in [0.25, 0.3) is 5.91 Å². The fourth-order valence-corrected chi connectivity index (χ4v) is 4.85. The van der Waals surface area contributed by atoms with Crippen molar-refractivity contribution in [2.45, 2.75) is 24.5 Å². The Kier molecular flexibility index (Phi) is 8.78. The molecule has 40 heavy (non-hydrogen) atoms. The van der Waals surface area contributed by atoms with E-state index in [1.807, 2.05) is 109 Å². The minimum absolute atomic E-state index is 0.0743. The maximum absolute atomic E-state index is 14.2. The number of anilines is 1. The minimum Gasteiger partial charge on any atom is -0.494 e. The largest absolute Gasteiger partial charge is 0.494 e. The molecule has 1 heterocycles. The predicted molar refractivity (Wildman–Crippen MR) is 159 cm³/mol. The lowest BCUT2D eigenvalue weighted by Gasteiger charge is -2.31. The highest BCUT2D eigenvalue weighted by Crippen LogP contribution is 2.42. The van der Waals surface area contributed by atoms with Crippen LogP contribution >= 0.6 is 15.9 Å². The zero-order chi connectivity index (χ0) is 27.8. The molecule has 4 aromatic rings. The quantitative estimate of drug-likeness (QED) is 0.148. The molecule has 0 spiro atoms. The van der Waals surface area contributed by atoms with E-state index in [9.17, 15) is 4.79 Å². The smallest absolute Gasteiger partial charge is 0.270 e. The van der Waals surface area contributed by atoms with Crippen molar-refractivity contribution in [3.8, 4) is 5.75 Å². The molecule has 7 nitrogen and oxygen atoms in total. The number of rotatable bonds is 11. The summed E-state index contributed by atoms with van der Waals surface area (Å²) in [6.07, 6.45) is 0.192. The molecule has 8 heteroatoms. The number of hydrazine groups is 1. The first-order chi connectivity index (χ1) is 19.6. The number of aliphatic imine (C=N–C) groups is 1. The number of halogens is 1. The van der Waals surface area contributed by atoms with Crippen molar-refractivity contribution in [3.05, 3.63) is 130 Å². The molecule has 1 aliphatic heterocycles. The summed E-state index contributed by atoms with van der Waals surface area (Å²) < 4.78 is 13.2. The van der Waals surface area contributed by atoms with Gasteiger partial charge in [0.15, 0.2) is 11.6 Å². The SMILES string of the molecule is O=C(NNc1ccccc1)[C@@]1(Cc2ccccc2)N=C(c2ccc(OCCCO)cc2)O[C@H]1c1ccc(Br)cc1. The van der Waals surface area contributed by atoms with Crippen LogP contribution in [0.4, 0.5) is 5.69 Å². The second-order valence-electron chi connectivity index (χ2n) is 9.45. The van der Waals surface area contributed by atoms with Gasteiger partial charge in [-0.3, -0.25) is 15.6 Å². The molecule has 0 bridgehead atoms. The van der Waals surface area contributed by atoms with Crippen molar-refractivity contribution in [1.82, 2.24) is 5.43 Å². The Morgan fingerprint density at radius 3 is 2.27 bits per heavy atom. The van der Waals surface area contributed by atoms with Crippen LogP contribution in [-0.2, 0) is 16.0 Å². The Bertz CT molecular complexity index is 1430. The predicted octanol–water partition coefficient (Wildman–Crippen LogP) is 5.85. The molecule has 5 rings (SSSR count). The van der Waals surface area contributed by atoms with E-state index in [1.165, 1.54) is 0 Å². The third kappa shape index (κ3) is 6.35. The van der Waals surface area contributed by atoms with Crippen LogP contribution in [0.15, 0.2) is 119 Å². The van der Waals surface area contributed by atoms with Gasteiger partial charge in [-0.05, 0) is 59.7 Å². The van der Waals surface area contributed by atoms with E-state index in [2.05, 4.69) is 26.8 Å². The molecule has 0 radical (unpaired) electrons. The van der Waals surface area contributed by atoms with Crippen LogP contribution in [-0.4, -0.2) is 35.7 Å². The molecule has 0 aromatic heterocycles. The second kappa shape index (κ2) is 12.8. The number of hydrogen-bond donors (Lipinski definition) is 3. The van der Waals surface area contributed by atoms with E-state index in [1.54, 1.807) is 0 Å². The van der Waals surface area contributed by atoms with E-state index in [4.69, 9.17) is 19.6 Å². The van der Waals surface area contributed by atoms with E-state index in [0.717, 1.165) is 26.9 Å². The van der Waals surface area contributed by atoms with E-state index >= 15 is 0 Å². The van der Waals surface area contributed by atoms with Crippen molar-refractivity contribution in [2.75, 3.05) is 18.6 Å². The zero-order valence-corrected chi connectivity index (χ0v) is 23.4. The number of hydrogen-bond acceptors (Lipinski definition) is 6. The molecule has 2 atom stereocenters. The molecular weight excluding hydrogens is 570 g/mol. The Morgan fingerprint density at radius 1 is 0.925 bits per heavy atom. The molecule has 0 saturated carbocycles. The van der Waals surface area contributed by atoms with Gasteiger partial charge in [0.2, 0.25) is 5.90 Å². The lowest BCUT2D eigenvalue weighted by molar-refractivity contribution is -0.128. The summed E-state index contributed by atoms with van der Waals surface area (Å²) in [5, 5.41) is 9.02. The number of carbonyl (C=O) groups excluding carboxylic acids is 1. The van der Waals surface area contributed by atoms with Crippen molar-refractivity contribution in [3.63, 3.8) is 0 Å². The van der Waals surface area contributed by atoms with Gasteiger partial charge in [0.05, 0.1) is 12.3 Å². The zero-order valence-electron chi connectivity index (χ0n) is 21.8. The van der Waals surface area contributed by atoms with Crippen LogP contribution in [0, 0.1) is 0 Å². The number of amides is 1. The van der Waals surface area contributed by atoms with Gasteiger partial charge in [0.1, 0.15) is 5.75 Å². The normalized spacial score (nSPS) is 17.9. The average Bonchev–Trinajstić information content (AvgIpc) is 3.38. The molecule has 3 N–H and O–H groups in total. The number of aliphatic hydroxyl groups is 1. The summed E-state index contributed by atoms with van der Waals surface area (Å²) in [6.45, 7) is 0.499. The number of ether oxygens (including phenoxy) is 2. The number of nitrogens with zero attached hydrogens (tertiary/aromatic N) is 1. The fourth-order valence-electron chi connectivity index (χ4n) is 4.59. The Morgan fingerprint density at radius 2 is 1.60 bits per heavy atom. The van der Waals surface area contributed by atoms with E-state index in [0.29, 0.717) is 31.1 Å². The number of carbonyl (C=O) groups is 1. The van der Waals surface area contributed by atoms with Crippen LogP contribution in [0.25, 0.3) is 0 Å². The lowest BCUT2D eigenvalue weighted by Crippen LogP contribution is -2.51. The van der Waals surface area contributed by atoms with Crippen molar-refractivity contribution in [1.29, 1.82) is 0 Å². The van der Waals surface area contributed by atoms with Crippen molar-refractivity contribution >= 4 is 33.4 Å². The van der Waals surface area contributed by atoms with E-state index < -0.39 is 11.6 Å². The van der Waals surface area contributed by atoms with Crippen molar-refractivity contribution < 1.29 is 19.4 Å². The molecule has 0 fully saturated rings. The molecule has 0 aliphatic carbocycles. The Hall–Kier alpha value is -4.14. The summed E-state index contributed by atoms with van der Waals surface area (Å²) in [7, 11) is 0. The molecule has 4 aromatic carbocycles. The van der Waals surface area contributed by atoms with Gasteiger partial charge in [0, 0.05) is 29.5 Å². The highest BCUT2D eigenvalue weighted by molar-refractivity contribution is 9.10. The van der Waals surface area contributed by atoms with Gasteiger partial charge < -0.3 is 14.6 Å². The third-order valence-electron chi connectivity index (χ3n) is 6.61. The van der Waals surface area contributed by atoms with Crippen LogP contribution in [0.5, 0.6) is 5.75 Å². The summed E-state index contributed by atoms with van der Waals surface area (Å²) in [5.74, 6) is 0.744. The summed E-state index contributed by atoms with van der Waals surface area (Å²) in [4.78, 5) is 19.2. The highest BCUT2D eigenvalue weighted by atomic mass is 79.9. The van der Waals surface area contributed by atoms with Gasteiger partial charge in [-0.25, -0.2) is 4.99 Å². The Labute approximate surface area is 242 Å². The first kappa shape index (κ1) is 27.4. The lowest BCUT2D eigenvalue weighted by atomic mass is 9.82. The first-order valence-corrected chi connectivity index (χ1v) is 13.9. The van der Waals surface area contributed by atoms with E-state index in [-0.39, 0.29) is 12.5 Å². The van der Waals surface area contributed by atoms with Gasteiger partial charge in [-0.1, -0.05) is 76.6 Å². The van der Waals surface area contributed by atoms with Gasteiger partial charge in [-0.15, -0.1) is 0 Å². The van der Waals surface area contributed by atoms with Gasteiger partial charge >= 0.3 is 0 Å². The van der Waals surface area contributed by atoms with Gasteiger partial charge in [-0.2, -0.15) is 0 Å². The molecular formula is C32H30BrN3O4. The molecule has 0 unspecified atom stereocenters. The monoisotopic (exact) mass is 599 g/mol. The van der Waals surface area contributed by atoms with Crippen LogP contribution < -0.4 is 15.6 Å². The number of nitrogens with one attached hydrogen (secondary N) is 2. The average molecular weight is 601 g/mol. The maximum atomic E-state index is 14.2. The number of benzene rings is 4. The fraction of sp³-hybridized carbons (Fsp3) is 0.188. The third-order valence-corrected chi connectivity index (χ3v) is 7.14.